The summed E-state index contributed by atoms with van der Waals surface area (Å²) < 4.78 is 35.8. The molecule has 0 radical (unpaired) electrons. The van der Waals surface area contributed by atoms with Crippen LogP contribution in [-0.2, 0) is 26.1 Å². The van der Waals surface area contributed by atoms with Crippen molar-refractivity contribution in [3.63, 3.8) is 0 Å². The molecular weight excluding hydrogens is 577 g/mol. The Hall–Kier alpha value is -3.61. The summed E-state index contributed by atoms with van der Waals surface area (Å²) in [5.74, 6) is -0.175. The summed E-state index contributed by atoms with van der Waals surface area (Å²) in [6, 6.07) is 26.1. The lowest BCUT2D eigenvalue weighted by Crippen LogP contribution is -2.40. The zero-order valence-electron chi connectivity index (χ0n) is 21.9. The molecule has 0 aliphatic carbocycles. The summed E-state index contributed by atoms with van der Waals surface area (Å²) in [4.78, 5) is 15.7. The van der Waals surface area contributed by atoms with Gasteiger partial charge in [0, 0.05) is 30.4 Å². The zero-order chi connectivity index (χ0) is 28.4. The number of thioether (sulfide) groups is 1. The van der Waals surface area contributed by atoms with Crippen LogP contribution in [0.5, 0.6) is 0 Å². The van der Waals surface area contributed by atoms with Gasteiger partial charge in [0.15, 0.2) is 0 Å². The smallest absolute Gasteiger partial charge is 0.266 e. The average Bonchev–Trinajstić information content (AvgIpc) is 3.55. The van der Waals surface area contributed by atoms with Gasteiger partial charge in [-0.1, -0.05) is 84.6 Å². The first kappa shape index (κ1) is 27.6. The minimum Gasteiger partial charge on any atom is -0.379 e. The Bertz CT molecular complexity index is 1730. The van der Waals surface area contributed by atoms with Crippen LogP contribution in [0.3, 0.4) is 0 Å². The van der Waals surface area contributed by atoms with Crippen molar-refractivity contribution in [1.29, 1.82) is 0 Å². The number of aromatic nitrogens is 2. The number of carbonyl (C=O) groups excluding carboxylic acids is 1. The molecule has 208 valence electrons. The molecule has 3 heterocycles. The molecule has 2 aliphatic rings. The number of morpholine rings is 1. The maximum atomic E-state index is 13.4. The van der Waals surface area contributed by atoms with Crippen LogP contribution in [0.4, 0.5) is 0 Å². The third kappa shape index (κ3) is 5.77. The summed E-state index contributed by atoms with van der Waals surface area (Å²) in [5.41, 5.74) is 3.68. The van der Waals surface area contributed by atoms with E-state index < -0.39 is 10.0 Å². The number of sulfonamides is 1. The van der Waals surface area contributed by atoms with Gasteiger partial charge in [-0.25, -0.2) is 13.1 Å². The Balaban J connectivity index is 1.39. The van der Waals surface area contributed by atoms with Crippen LogP contribution in [0.1, 0.15) is 11.1 Å². The Labute approximate surface area is 248 Å². The molecule has 41 heavy (non-hydrogen) atoms. The molecule has 1 amide bonds. The van der Waals surface area contributed by atoms with Crippen molar-refractivity contribution in [1.82, 2.24) is 19.0 Å². The van der Waals surface area contributed by atoms with Gasteiger partial charge in [0.1, 0.15) is 10.0 Å². The number of amides is 1. The van der Waals surface area contributed by atoms with Crippen LogP contribution in [0, 0.1) is 0 Å². The van der Waals surface area contributed by atoms with E-state index in [-0.39, 0.29) is 10.8 Å². The van der Waals surface area contributed by atoms with Crippen molar-refractivity contribution in [3.05, 3.63) is 107 Å². The second-order valence-electron chi connectivity index (χ2n) is 9.51. The predicted molar refractivity (Wildman–Crippen MR) is 164 cm³/mol. The highest BCUT2D eigenvalue weighted by molar-refractivity contribution is 8.26. The highest BCUT2D eigenvalue weighted by Crippen LogP contribution is 2.36. The Morgan fingerprint density at radius 3 is 2.39 bits per heavy atom. The molecule has 2 saturated heterocycles. The van der Waals surface area contributed by atoms with E-state index >= 15 is 0 Å². The molecule has 0 saturated carbocycles. The quantitative estimate of drug-likeness (QED) is 0.218. The summed E-state index contributed by atoms with van der Waals surface area (Å²) in [7, 11) is -3.70. The molecule has 8 nitrogen and oxygen atoms in total. The number of benzene rings is 3. The van der Waals surface area contributed by atoms with Crippen LogP contribution in [0.2, 0.25) is 0 Å². The van der Waals surface area contributed by atoms with E-state index in [0.29, 0.717) is 58.9 Å². The lowest BCUT2D eigenvalue weighted by Gasteiger charge is -2.26. The third-order valence-corrected chi connectivity index (χ3v) is 10.1. The fourth-order valence-electron chi connectivity index (χ4n) is 4.71. The minimum atomic E-state index is -3.70. The molecular formula is C30H26N4O4S3. The van der Waals surface area contributed by atoms with E-state index in [1.165, 1.54) is 16.1 Å². The SMILES string of the molecule is O=C1C(=Cc2cn(-c3ccccc3)nc2-c2cccc(S(=O)(=O)N3CCOCC3)c2)SC(=S)N1Cc1ccccc1. The van der Waals surface area contributed by atoms with Crippen LogP contribution in [0.15, 0.2) is 101 Å². The van der Waals surface area contributed by atoms with Gasteiger partial charge in [-0.3, -0.25) is 9.69 Å². The van der Waals surface area contributed by atoms with Gasteiger partial charge in [-0.05, 0) is 35.9 Å². The van der Waals surface area contributed by atoms with Crippen molar-refractivity contribution in [2.75, 3.05) is 26.3 Å². The number of hydrogen-bond acceptors (Lipinski definition) is 7. The number of para-hydroxylation sites is 1. The van der Waals surface area contributed by atoms with E-state index in [1.807, 2.05) is 72.9 Å². The number of rotatable bonds is 7. The molecule has 0 atom stereocenters. The molecule has 3 aromatic carbocycles. The molecule has 1 aromatic heterocycles. The van der Waals surface area contributed by atoms with Crippen LogP contribution in [-0.4, -0.2) is 63.9 Å². The van der Waals surface area contributed by atoms with Crippen molar-refractivity contribution >= 4 is 50.3 Å². The summed E-state index contributed by atoms with van der Waals surface area (Å²) in [5, 5.41) is 4.84. The van der Waals surface area contributed by atoms with Gasteiger partial charge in [-0.15, -0.1) is 0 Å². The van der Waals surface area contributed by atoms with Crippen LogP contribution in [0.25, 0.3) is 23.0 Å². The van der Waals surface area contributed by atoms with Gasteiger partial charge < -0.3 is 4.74 Å². The molecule has 0 spiro atoms. The van der Waals surface area contributed by atoms with E-state index in [0.717, 1.165) is 11.3 Å². The number of ether oxygens (including phenoxy) is 1. The van der Waals surface area contributed by atoms with Crippen molar-refractivity contribution in [2.45, 2.75) is 11.4 Å². The third-order valence-electron chi connectivity index (χ3n) is 6.82. The maximum absolute atomic E-state index is 13.4. The average molecular weight is 603 g/mol. The Morgan fingerprint density at radius 2 is 1.66 bits per heavy atom. The maximum Gasteiger partial charge on any atom is 0.266 e. The van der Waals surface area contributed by atoms with Crippen LogP contribution >= 0.6 is 24.0 Å². The van der Waals surface area contributed by atoms with E-state index in [4.69, 9.17) is 22.1 Å². The first-order chi connectivity index (χ1) is 19.9. The normalized spacial score (nSPS) is 17.5. The molecule has 6 rings (SSSR count). The van der Waals surface area contributed by atoms with Crippen molar-refractivity contribution in [2.24, 2.45) is 0 Å². The van der Waals surface area contributed by atoms with Gasteiger partial charge in [-0.2, -0.15) is 9.40 Å². The Morgan fingerprint density at radius 1 is 0.951 bits per heavy atom. The van der Waals surface area contributed by atoms with Gasteiger partial charge in [0.2, 0.25) is 10.0 Å². The number of carbonyl (C=O) groups is 1. The van der Waals surface area contributed by atoms with Gasteiger partial charge >= 0.3 is 0 Å². The molecule has 11 heteroatoms. The van der Waals surface area contributed by atoms with Gasteiger partial charge in [0.05, 0.1) is 35.2 Å². The fourth-order valence-corrected chi connectivity index (χ4v) is 7.41. The highest BCUT2D eigenvalue weighted by Gasteiger charge is 2.33. The molecule has 4 aromatic rings. The van der Waals surface area contributed by atoms with E-state index in [2.05, 4.69) is 0 Å². The molecule has 2 aliphatic heterocycles. The second-order valence-corrected chi connectivity index (χ2v) is 13.1. The summed E-state index contributed by atoms with van der Waals surface area (Å²) in [6.07, 6.45) is 3.63. The fraction of sp³-hybridized carbons (Fsp3) is 0.167. The predicted octanol–water partition coefficient (Wildman–Crippen LogP) is 4.96. The molecule has 0 bridgehead atoms. The lowest BCUT2D eigenvalue weighted by molar-refractivity contribution is -0.122. The summed E-state index contributed by atoms with van der Waals surface area (Å²) >= 11 is 6.81. The van der Waals surface area contributed by atoms with Gasteiger partial charge in [0.25, 0.3) is 5.91 Å². The van der Waals surface area contributed by atoms with Crippen molar-refractivity contribution < 1.29 is 17.9 Å². The van der Waals surface area contributed by atoms with E-state index in [1.54, 1.807) is 33.9 Å². The number of hydrogen-bond donors (Lipinski definition) is 0. The minimum absolute atomic E-state index is 0.175. The van der Waals surface area contributed by atoms with E-state index in [9.17, 15) is 13.2 Å². The molecule has 2 fully saturated rings. The standard InChI is InChI=1S/C30H26N4O4S3/c35-29-27(40-30(39)33(29)20-22-8-3-1-4-9-22)19-24-21-34(25-11-5-2-6-12-25)31-28(24)23-10-7-13-26(18-23)41(36,37)32-14-16-38-17-15-32/h1-13,18-19,21H,14-17,20H2. The summed E-state index contributed by atoms with van der Waals surface area (Å²) in [6.45, 7) is 1.75. The number of nitrogens with zero attached hydrogens (tertiary/aromatic N) is 4. The highest BCUT2D eigenvalue weighted by atomic mass is 32.2. The largest absolute Gasteiger partial charge is 0.379 e. The lowest BCUT2D eigenvalue weighted by atomic mass is 10.1. The van der Waals surface area contributed by atoms with Crippen molar-refractivity contribution in [3.8, 4) is 16.9 Å². The second kappa shape index (κ2) is 11.7. The molecule has 0 N–H and O–H groups in total. The van der Waals surface area contributed by atoms with Crippen LogP contribution < -0.4 is 0 Å². The number of thiocarbonyl (C=S) groups is 1. The molecule has 0 unspecified atom stereocenters. The zero-order valence-corrected chi connectivity index (χ0v) is 24.4. The Kier molecular flexibility index (Phi) is 7.87. The monoisotopic (exact) mass is 602 g/mol. The first-order valence-electron chi connectivity index (χ1n) is 13.0. The topological polar surface area (TPSA) is 84.7 Å². The first-order valence-corrected chi connectivity index (χ1v) is 15.7.